The number of halogens is 2. The van der Waals surface area contributed by atoms with Gasteiger partial charge >= 0.3 is 0 Å². The van der Waals surface area contributed by atoms with Gasteiger partial charge in [-0.1, -0.05) is 0 Å². The lowest BCUT2D eigenvalue weighted by atomic mass is 10.1. The fraction of sp³-hybridized carbons (Fsp3) is 0. The van der Waals surface area contributed by atoms with Crippen LogP contribution in [0.3, 0.4) is 0 Å². The fourth-order valence-corrected chi connectivity index (χ4v) is 1.99. The molecule has 98 valence electrons. The molecule has 0 atom stereocenters. The third-order valence-electron chi connectivity index (χ3n) is 2.26. The molecule has 0 unspecified atom stereocenters. The summed E-state index contributed by atoms with van der Waals surface area (Å²) in [6.45, 7) is 0. The van der Waals surface area contributed by atoms with Gasteiger partial charge in [0.15, 0.2) is 11.6 Å². The SMILES string of the molecule is O=C(Nc1ccsc1)c1cc(F)c(F)cc1[N+](=O)[O-]. The average Bonchev–Trinajstić information content (AvgIpc) is 2.84. The second-order valence-electron chi connectivity index (χ2n) is 3.51. The Hall–Kier alpha value is -2.35. The van der Waals surface area contributed by atoms with Crippen LogP contribution in [0.15, 0.2) is 29.0 Å². The second-order valence-corrected chi connectivity index (χ2v) is 4.29. The van der Waals surface area contributed by atoms with Crippen molar-refractivity contribution in [3.63, 3.8) is 0 Å². The number of carbonyl (C=O) groups excluding carboxylic acids is 1. The summed E-state index contributed by atoms with van der Waals surface area (Å²) in [6, 6.07) is 2.47. The Morgan fingerprint density at radius 2 is 2.00 bits per heavy atom. The van der Waals surface area contributed by atoms with Crippen LogP contribution >= 0.6 is 11.3 Å². The minimum absolute atomic E-state index is 0.387. The summed E-state index contributed by atoms with van der Waals surface area (Å²) in [5.41, 5.74) is -0.893. The summed E-state index contributed by atoms with van der Waals surface area (Å²) in [5, 5.41) is 16.4. The number of anilines is 1. The van der Waals surface area contributed by atoms with E-state index in [1.165, 1.54) is 11.3 Å². The van der Waals surface area contributed by atoms with Crippen molar-refractivity contribution in [1.29, 1.82) is 0 Å². The third-order valence-corrected chi connectivity index (χ3v) is 2.94. The number of nitro benzene ring substituents is 1. The number of nitrogens with zero attached hydrogens (tertiary/aromatic N) is 1. The van der Waals surface area contributed by atoms with E-state index in [1.54, 1.807) is 16.8 Å². The van der Waals surface area contributed by atoms with Gasteiger partial charge in [0.2, 0.25) is 0 Å². The molecule has 0 aliphatic carbocycles. The van der Waals surface area contributed by atoms with Crippen molar-refractivity contribution in [2.75, 3.05) is 5.32 Å². The molecule has 0 aliphatic heterocycles. The maximum Gasteiger partial charge on any atom is 0.285 e. The number of rotatable bonds is 3. The Bertz CT molecular complexity index is 644. The minimum atomic E-state index is -1.38. The summed E-state index contributed by atoms with van der Waals surface area (Å²) in [6.07, 6.45) is 0. The van der Waals surface area contributed by atoms with Gasteiger partial charge in [-0.15, -0.1) is 0 Å². The van der Waals surface area contributed by atoms with Crippen LogP contribution in [0.25, 0.3) is 0 Å². The number of nitro groups is 1. The van der Waals surface area contributed by atoms with Gasteiger partial charge in [0.25, 0.3) is 11.6 Å². The number of carbonyl (C=O) groups is 1. The highest BCUT2D eigenvalue weighted by atomic mass is 32.1. The smallest absolute Gasteiger partial charge is 0.285 e. The van der Waals surface area contributed by atoms with Crippen LogP contribution in [0, 0.1) is 21.7 Å². The molecule has 1 aromatic heterocycles. The van der Waals surface area contributed by atoms with E-state index in [4.69, 9.17) is 0 Å². The van der Waals surface area contributed by atoms with Crippen LogP contribution in [0.5, 0.6) is 0 Å². The number of nitrogens with one attached hydrogen (secondary N) is 1. The Morgan fingerprint density at radius 3 is 2.58 bits per heavy atom. The maximum absolute atomic E-state index is 13.1. The van der Waals surface area contributed by atoms with Crippen molar-refractivity contribution in [3.8, 4) is 0 Å². The second kappa shape index (κ2) is 5.11. The molecule has 0 spiro atoms. The molecular weight excluding hydrogens is 278 g/mol. The molecule has 1 aromatic carbocycles. The minimum Gasteiger partial charge on any atom is -0.321 e. The van der Waals surface area contributed by atoms with E-state index in [-0.39, 0.29) is 0 Å². The monoisotopic (exact) mass is 284 g/mol. The molecule has 0 saturated heterocycles. The molecule has 0 aliphatic rings. The predicted molar refractivity (Wildman–Crippen MR) is 65.3 cm³/mol. The van der Waals surface area contributed by atoms with Gasteiger partial charge in [0.05, 0.1) is 16.7 Å². The van der Waals surface area contributed by atoms with E-state index in [2.05, 4.69) is 5.32 Å². The van der Waals surface area contributed by atoms with Crippen molar-refractivity contribution < 1.29 is 18.5 Å². The Morgan fingerprint density at radius 1 is 1.32 bits per heavy atom. The van der Waals surface area contributed by atoms with Gasteiger partial charge in [0.1, 0.15) is 5.56 Å². The number of amides is 1. The highest BCUT2D eigenvalue weighted by Gasteiger charge is 2.24. The van der Waals surface area contributed by atoms with Crippen LogP contribution in [-0.4, -0.2) is 10.8 Å². The van der Waals surface area contributed by atoms with E-state index in [0.717, 1.165) is 0 Å². The van der Waals surface area contributed by atoms with E-state index in [0.29, 0.717) is 17.8 Å². The van der Waals surface area contributed by atoms with Crippen molar-refractivity contribution in [2.24, 2.45) is 0 Å². The van der Waals surface area contributed by atoms with Crippen molar-refractivity contribution in [1.82, 2.24) is 0 Å². The van der Waals surface area contributed by atoms with Gasteiger partial charge in [-0.2, -0.15) is 11.3 Å². The van der Waals surface area contributed by atoms with Crippen LogP contribution in [-0.2, 0) is 0 Å². The molecule has 8 heteroatoms. The van der Waals surface area contributed by atoms with Crippen molar-refractivity contribution >= 4 is 28.6 Å². The maximum atomic E-state index is 13.1. The first kappa shape index (κ1) is 13.1. The van der Waals surface area contributed by atoms with Crippen LogP contribution in [0.1, 0.15) is 10.4 Å². The third kappa shape index (κ3) is 2.74. The first-order chi connectivity index (χ1) is 8.99. The molecule has 0 fully saturated rings. The summed E-state index contributed by atoms with van der Waals surface area (Å²) in [7, 11) is 0. The van der Waals surface area contributed by atoms with Gasteiger partial charge in [0, 0.05) is 5.38 Å². The molecule has 19 heavy (non-hydrogen) atoms. The van der Waals surface area contributed by atoms with Crippen LogP contribution < -0.4 is 5.32 Å². The Labute approximate surface area is 109 Å². The number of thiophene rings is 1. The fourth-order valence-electron chi connectivity index (χ4n) is 1.40. The number of benzene rings is 1. The molecule has 1 heterocycles. The first-order valence-corrected chi connectivity index (χ1v) is 5.90. The topological polar surface area (TPSA) is 72.2 Å². The highest BCUT2D eigenvalue weighted by molar-refractivity contribution is 7.08. The van der Waals surface area contributed by atoms with E-state index in [1.807, 2.05) is 0 Å². The lowest BCUT2D eigenvalue weighted by Gasteiger charge is -2.04. The van der Waals surface area contributed by atoms with Crippen LogP contribution in [0.2, 0.25) is 0 Å². The molecule has 0 saturated carbocycles. The van der Waals surface area contributed by atoms with E-state index < -0.39 is 33.7 Å². The van der Waals surface area contributed by atoms with Crippen molar-refractivity contribution in [2.45, 2.75) is 0 Å². The standard InChI is InChI=1S/C11H6F2N2O3S/c12-8-3-7(10(15(17)18)4-9(8)13)11(16)14-6-1-2-19-5-6/h1-5H,(H,14,16). The Kier molecular flexibility index (Phi) is 3.52. The molecule has 1 amide bonds. The first-order valence-electron chi connectivity index (χ1n) is 4.96. The lowest BCUT2D eigenvalue weighted by Crippen LogP contribution is -2.14. The van der Waals surface area contributed by atoms with E-state index in [9.17, 15) is 23.7 Å². The zero-order valence-electron chi connectivity index (χ0n) is 9.22. The molecule has 0 bridgehead atoms. The summed E-state index contributed by atoms with van der Waals surface area (Å²) in [4.78, 5) is 21.6. The lowest BCUT2D eigenvalue weighted by molar-refractivity contribution is -0.385. The normalized spacial score (nSPS) is 10.2. The van der Waals surface area contributed by atoms with E-state index >= 15 is 0 Å². The molecule has 5 nitrogen and oxygen atoms in total. The van der Waals surface area contributed by atoms with Crippen LogP contribution in [0.4, 0.5) is 20.2 Å². The number of hydrogen-bond donors (Lipinski definition) is 1. The zero-order valence-corrected chi connectivity index (χ0v) is 10.0. The largest absolute Gasteiger partial charge is 0.321 e. The predicted octanol–water partition coefficient (Wildman–Crippen LogP) is 3.19. The molecule has 0 radical (unpaired) electrons. The van der Waals surface area contributed by atoms with Gasteiger partial charge in [-0.05, 0) is 17.5 Å². The zero-order chi connectivity index (χ0) is 14.0. The molecule has 2 rings (SSSR count). The van der Waals surface area contributed by atoms with Gasteiger partial charge < -0.3 is 5.32 Å². The van der Waals surface area contributed by atoms with Gasteiger partial charge in [-0.25, -0.2) is 8.78 Å². The summed E-state index contributed by atoms with van der Waals surface area (Å²) >= 11 is 1.31. The quantitative estimate of drug-likeness (QED) is 0.695. The average molecular weight is 284 g/mol. The van der Waals surface area contributed by atoms with Crippen molar-refractivity contribution in [3.05, 3.63) is 56.3 Å². The molecule has 2 aromatic rings. The molecule has 1 N–H and O–H groups in total. The molecular formula is C11H6F2N2O3S. The highest BCUT2D eigenvalue weighted by Crippen LogP contribution is 2.23. The number of hydrogen-bond acceptors (Lipinski definition) is 4. The Balaban J connectivity index is 2.40. The summed E-state index contributed by atoms with van der Waals surface area (Å²) in [5.74, 6) is -3.57. The summed E-state index contributed by atoms with van der Waals surface area (Å²) < 4.78 is 26.0. The van der Waals surface area contributed by atoms with Gasteiger partial charge in [-0.3, -0.25) is 14.9 Å².